The smallest absolute Gasteiger partial charge is 0.373 e. The zero-order valence-electron chi connectivity index (χ0n) is 13.0. The Balaban J connectivity index is 2.16. The molecular formula is C15H21NO6. The molecule has 1 fully saturated rings. The van der Waals surface area contributed by atoms with Crippen LogP contribution in [0.2, 0.25) is 0 Å². The van der Waals surface area contributed by atoms with Crippen molar-refractivity contribution in [2.75, 3.05) is 13.2 Å². The molecule has 2 aliphatic heterocycles. The molecule has 0 spiro atoms. The van der Waals surface area contributed by atoms with Crippen LogP contribution in [0.4, 0.5) is 0 Å². The molecule has 0 unspecified atom stereocenters. The number of hydrogen-bond acceptors (Lipinski definition) is 6. The number of allylic oxidation sites excluding steroid dienone is 1. The first-order valence-corrected chi connectivity index (χ1v) is 7.49. The lowest BCUT2D eigenvalue weighted by atomic mass is 9.98. The van der Waals surface area contributed by atoms with Gasteiger partial charge in [-0.3, -0.25) is 9.69 Å². The minimum atomic E-state index is -0.664. The van der Waals surface area contributed by atoms with Gasteiger partial charge in [-0.2, -0.15) is 0 Å². The van der Waals surface area contributed by atoms with Gasteiger partial charge in [0.25, 0.3) is 0 Å². The van der Waals surface area contributed by atoms with Gasteiger partial charge in [-0.1, -0.05) is 0 Å². The summed E-state index contributed by atoms with van der Waals surface area (Å²) in [5.41, 5.74) is 0. The Hall–Kier alpha value is -2.05. The third-order valence-corrected chi connectivity index (χ3v) is 3.79. The molecule has 7 nitrogen and oxygen atoms in total. The highest BCUT2D eigenvalue weighted by Gasteiger charge is 2.49. The van der Waals surface area contributed by atoms with Crippen LogP contribution in [-0.2, 0) is 28.6 Å². The summed E-state index contributed by atoms with van der Waals surface area (Å²) in [7, 11) is 0. The van der Waals surface area contributed by atoms with Gasteiger partial charge in [0.05, 0.1) is 13.2 Å². The molecule has 1 amide bonds. The number of carbonyl (C=O) groups is 3. The summed E-state index contributed by atoms with van der Waals surface area (Å²) in [4.78, 5) is 37.1. The van der Waals surface area contributed by atoms with Crippen molar-refractivity contribution in [2.24, 2.45) is 5.92 Å². The number of hydrogen-bond donors (Lipinski definition) is 0. The van der Waals surface area contributed by atoms with Crippen LogP contribution in [0.5, 0.6) is 0 Å². The Morgan fingerprint density at radius 3 is 2.55 bits per heavy atom. The van der Waals surface area contributed by atoms with Crippen LogP contribution in [0, 0.1) is 5.92 Å². The fourth-order valence-corrected chi connectivity index (χ4v) is 2.90. The maximum atomic E-state index is 12.0. The monoisotopic (exact) mass is 311 g/mol. The summed E-state index contributed by atoms with van der Waals surface area (Å²) in [5.74, 6) is -1.21. The van der Waals surface area contributed by atoms with Crippen molar-refractivity contribution in [1.29, 1.82) is 0 Å². The van der Waals surface area contributed by atoms with Crippen molar-refractivity contribution in [3.63, 3.8) is 0 Å². The lowest BCUT2D eigenvalue weighted by Crippen LogP contribution is -2.47. The Bertz CT molecular complexity index is 500. The van der Waals surface area contributed by atoms with Crippen molar-refractivity contribution in [3.05, 3.63) is 11.8 Å². The molecule has 0 aliphatic carbocycles. The predicted molar refractivity (Wildman–Crippen MR) is 75.3 cm³/mol. The molecular weight excluding hydrogens is 290 g/mol. The van der Waals surface area contributed by atoms with Crippen LogP contribution in [0.25, 0.3) is 0 Å². The van der Waals surface area contributed by atoms with Gasteiger partial charge < -0.3 is 14.2 Å². The number of carbonyl (C=O) groups excluding carboxylic acids is 3. The van der Waals surface area contributed by atoms with Gasteiger partial charge in [0, 0.05) is 12.8 Å². The molecule has 1 saturated heterocycles. The number of esters is 2. The van der Waals surface area contributed by atoms with E-state index in [1.807, 2.05) is 0 Å². The predicted octanol–water partition coefficient (Wildman–Crippen LogP) is 0.980. The van der Waals surface area contributed by atoms with Crippen molar-refractivity contribution in [1.82, 2.24) is 4.90 Å². The van der Waals surface area contributed by atoms with Crippen molar-refractivity contribution >= 4 is 17.8 Å². The molecule has 0 aromatic carbocycles. The topological polar surface area (TPSA) is 82.1 Å². The van der Waals surface area contributed by atoms with E-state index in [9.17, 15) is 14.4 Å². The largest absolute Gasteiger partial charge is 0.464 e. The summed E-state index contributed by atoms with van der Waals surface area (Å²) >= 11 is 0. The maximum Gasteiger partial charge on any atom is 0.373 e. The minimum absolute atomic E-state index is 0.0310. The number of fused-ring (bicyclic) bond motifs is 1. The highest BCUT2D eigenvalue weighted by Crippen LogP contribution is 2.38. The molecule has 2 aliphatic rings. The lowest BCUT2D eigenvalue weighted by Gasteiger charge is -2.32. The molecule has 122 valence electrons. The molecule has 0 saturated carbocycles. The summed E-state index contributed by atoms with van der Waals surface area (Å²) in [6.07, 6.45) is 2.05. The standard InChI is InChI=1S/C15H21NO6/c1-4-20-14(18)11-8-10-6-7-12(15(19)21-5-2)22-13(10)16(11)9(3)17/h7,10-11,13H,4-6,8H2,1-3H3/t10-,11+,13-/m1/s1. The zero-order valence-corrected chi connectivity index (χ0v) is 13.0. The zero-order chi connectivity index (χ0) is 16.3. The highest BCUT2D eigenvalue weighted by atomic mass is 16.6. The first kappa shape index (κ1) is 16.3. The van der Waals surface area contributed by atoms with Crippen LogP contribution in [0.15, 0.2) is 11.8 Å². The van der Waals surface area contributed by atoms with Gasteiger partial charge in [-0.05, 0) is 32.8 Å². The number of nitrogens with zero attached hydrogens (tertiary/aromatic N) is 1. The van der Waals surface area contributed by atoms with Crippen LogP contribution >= 0.6 is 0 Å². The normalized spacial score (nSPS) is 26.6. The second-order valence-electron chi connectivity index (χ2n) is 5.22. The lowest BCUT2D eigenvalue weighted by molar-refractivity contribution is -0.162. The van der Waals surface area contributed by atoms with Crippen LogP contribution < -0.4 is 0 Å². The second kappa shape index (κ2) is 6.81. The quantitative estimate of drug-likeness (QED) is 0.720. The molecule has 22 heavy (non-hydrogen) atoms. The van der Waals surface area contributed by atoms with E-state index in [0.29, 0.717) is 12.8 Å². The second-order valence-corrected chi connectivity index (χ2v) is 5.22. The van der Waals surface area contributed by atoms with Crippen LogP contribution in [0.1, 0.15) is 33.6 Å². The van der Waals surface area contributed by atoms with E-state index in [-0.39, 0.29) is 30.8 Å². The van der Waals surface area contributed by atoms with E-state index in [1.54, 1.807) is 19.9 Å². The molecule has 2 rings (SSSR count). The number of rotatable bonds is 4. The van der Waals surface area contributed by atoms with Gasteiger partial charge in [0.2, 0.25) is 11.7 Å². The summed E-state index contributed by atoms with van der Waals surface area (Å²) in [5, 5.41) is 0. The van der Waals surface area contributed by atoms with Crippen LogP contribution in [-0.4, -0.2) is 48.2 Å². The maximum absolute atomic E-state index is 12.0. The third kappa shape index (κ3) is 3.08. The molecule has 7 heteroatoms. The van der Waals surface area contributed by atoms with Gasteiger partial charge in [-0.25, -0.2) is 9.59 Å². The third-order valence-electron chi connectivity index (χ3n) is 3.79. The van der Waals surface area contributed by atoms with E-state index in [1.165, 1.54) is 11.8 Å². The van der Waals surface area contributed by atoms with Crippen LogP contribution in [0.3, 0.4) is 0 Å². The number of amides is 1. The van der Waals surface area contributed by atoms with Gasteiger partial charge in [0.15, 0.2) is 6.23 Å². The Labute approximate surface area is 129 Å². The Morgan fingerprint density at radius 1 is 1.27 bits per heavy atom. The Morgan fingerprint density at radius 2 is 1.95 bits per heavy atom. The van der Waals surface area contributed by atoms with E-state index < -0.39 is 24.2 Å². The van der Waals surface area contributed by atoms with Gasteiger partial charge >= 0.3 is 11.9 Å². The summed E-state index contributed by atoms with van der Waals surface area (Å²) in [6, 6.07) is -0.664. The van der Waals surface area contributed by atoms with E-state index in [4.69, 9.17) is 14.2 Å². The molecule has 0 bridgehead atoms. The fraction of sp³-hybridized carbons (Fsp3) is 0.667. The van der Waals surface area contributed by atoms with E-state index in [0.717, 1.165) is 0 Å². The van der Waals surface area contributed by atoms with E-state index in [2.05, 4.69) is 0 Å². The van der Waals surface area contributed by atoms with Crippen molar-refractivity contribution in [3.8, 4) is 0 Å². The molecule has 0 radical (unpaired) electrons. The highest BCUT2D eigenvalue weighted by molar-refractivity contribution is 5.87. The van der Waals surface area contributed by atoms with E-state index >= 15 is 0 Å². The fourth-order valence-electron chi connectivity index (χ4n) is 2.90. The first-order chi connectivity index (χ1) is 10.5. The first-order valence-electron chi connectivity index (χ1n) is 7.49. The molecule has 0 aromatic heterocycles. The average molecular weight is 311 g/mol. The van der Waals surface area contributed by atoms with Crippen molar-refractivity contribution < 1.29 is 28.6 Å². The number of ether oxygens (including phenoxy) is 3. The Kier molecular flexibility index (Phi) is 5.05. The van der Waals surface area contributed by atoms with Crippen molar-refractivity contribution in [2.45, 2.75) is 45.9 Å². The molecule has 0 N–H and O–H groups in total. The summed E-state index contributed by atoms with van der Waals surface area (Å²) < 4.78 is 15.6. The number of likely N-dealkylation sites (tertiary alicyclic amines) is 1. The van der Waals surface area contributed by atoms with Gasteiger partial charge in [-0.15, -0.1) is 0 Å². The minimum Gasteiger partial charge on any atom is -0.464 e. The van der Waals surface area contributed by atoms with Gasteiger partial charge in [0.1, 0.15) is 6.04 Å². The molecule has 2 heterocycles. The summed E-state index contributed by atoms with van der Waals surface area (Å²) in [6.45, 7) is 5.30. The SMILES string of the molecule is CCOC(=O)C1=CC[C@@H]2C[C@@H](C(=O)OCC)N(C(C)=O)[C@@H]2O1. The average Bonchev–Trinajstić information content (AvgIpc) is 2.86. The molecule has 0 aromatic rings. The molecule has 3 atom stereocenters.